The largest absolute Gasteiger partial charge is 0.392 e. The molecule has 3 atom stereocenters. The van der Waals surface area contributed by atoms with E-state index in [9.17, 15) is 8.42 Å². The summed E-state index contributed by atoms with van der Waals surface area (Å²) in [6, 6.07) is -0.401. The molecular formula is C7H15NO3S. The lowest BCUT2D eigenvalue weighted by atomic mass is 9.96. The fourth-order valence-electron chi connectivity index (χ4n) is 1.52. The molecule has 1 rings (SSSR count). The SMILES string of the molecule is CC(O)C(N)C1CCS(=O)(=O)C1. The summed E-state index contributed by atoms with van der Waals surface area (Å²) in [5.74, 6) is 0.298. The van der Waals surface area contributed by atoms with Crippen LogP contribution in [0.25, 0.3) is 0 Å². The molecule has 3 unspecified atom stereocenters. The van der Waals surface area contributed by atoms with Crippen molar-refractivity contribution in [3.05, 3.63) is 0 Å². The third-order valence-corrected chi connectivity index (χ3v) is 4.16. The molecule has 72 valence electrons. The fourth-order valence-corrected chi connectivity index (χ4v) is 3.39. The number of aliphatic hydroxyl groups excluding tert-OH is 1. The first-order valence-corrected chi connectivity index (χ1v) is 5.88. The number of rotatable bonds is 2. The van der Waals surface area contributed by atoms with E-state index in [2.05, 4.69) is 0 Å². The molecule has 0 bridgehead atoms. The number of nitrogens with two attached hydrogens (primary N) is 1. The number of sulfone groups is 1. The molecule has 4 nitrogen and oxygen atoms in total. The average Bonchev–Trinajstić information content (AvgIpc) is 2.28. The molecule has 0 radical (unpaired) electrons. The van der Waals surface area contributed by atoms with E-state index in [0.717, 1.165) is 0 Å². The zero-order valence-corrected chi connectivity index (χ0v) is 7.92. The van der Waals surface area contributed by atoms with Gasteiger partial charge in [-0.3, -0.25) is 0 Å². The van der Waals surface area contributed by atoms with Crippen LogP contribution >= 0.6 is 0 Å². The molecule has 0 aromatic rings. The minimum Gasteiger partial charge on any atom is -0.392 e. The van der Waals surface area contributed by atoms with Crippen LogP contribution in [-0.2, 0) is 9.84 Å². The molecule has 1 heterocycles. The van der Waals surface area contributed by atoms with E-state index in [4.69, 9.17) is 10.8 Å². The normalized spacial score (nSPS) is 33.1. The molecule has 0 spiro atoms. The lowest BCUT2D eigenvalue weighted by molar-refractivity contribution is 0.139. The minimum atomic E-state index is -2.87. The third-order valence-electron chi connectivity index (χ3n) is 2.37. The molecule has 0 aromatic carbocycles. The number of hydrogen-bond donors (Lipinski definition) is 2. The Labute approximate surface area is 72.7 Å². The van der Waals surface area contributed by atoms with Crippen molar-refractivity contribution >= 4 is 9.84 Å². The second-order valence-corrected chi connectivity index (χ2v) is 5.71. The molecule has 0 aliphatic carbocycles. The first kappa shape index (κ1) is 9.95. The Morgan fingerprint density at radius 2 is 2.17 bits per heavy atom. The highest BCUT2D eigenvalue weighted by Gasteiger charge is 2.33. The highest BCUT2D eigenvalue weighted by molar-refractivity contribution is 7.91. The van der Waals surface area contributed by atoms with Gasteiger partial charge in [0.2, 0.25) is 0 Å². The molecule has 1 saturated heterocycles. The average molecular weight is 193 g/mol. The summed E-state index contributed by atoms with van der Waals surface area (Å²) in [5, 5.41) is 9.13. The Balaban J connectivity index is 2.58. The lowest BCUT2D eigenvalue weighted by Crippen LogP contribution is -2.40. The summed E-state index contributed by atoms with van der Waals surface area (Å²) in [6.45, 7) is 1.59. The summed E-state index contributed by atoms with van der Waals surface area (Å²) in [5.41, 5.74) is 5.63. The number of aliphatic hydroxyl groups is 1. The zero-order valence-electron chi connectivity index (χ0n) is 7.10. The van der Waals surface area contributed by atoms with E-state index in [1.54, 1.807) is 6.92 Å². The number of hydrogen-bond acceptors (Lipinski definition) is 4. The fraction of sp³-hybridized carbons (Fsp3) is 1.00. The van der Waals surface area contributed by atoms with Crippen molar-refractivity contribution in [2.45, 2.75) is 25.5 Å². The second-order valence-electron chi connectivity index (χ2n) is 3.48. The van der Waals surface area contributed by atoms with Crippen LogP contribution in [0.15, 0.2) is 0 Å². The van der Waals surface area contributed by atoms with Gasteiger partial charge in [0.1, 0.15) is 0 Å². The van der Waals surface area contributed by atoms with Gasteiger partial charge in [0.25, 0.3) is 0 Å². The van der Waals surface area contributed by atoms with Crippen molar-refractivity contribution in [3.63, 3.8) is 0 Å². The van der Waals surface area contributed by atoms with Crippen molar-refractivity contribution in [1.82, 2.24) is 0 Å². The lowest BCUT2D eigenvalue weighted by Gasteiger charge is -2.20. The van der Waals surface area contributed by atoms with Crippen molar-refractivity contribution in [1.29, 1.82) is 0 Å². The first-order chi connectivity index (χ1) is 5.42. The van der Waals surface area contributed by atoms with Crippen molar-refractivity contribution in [2.24, 2.45) is 11.7 Å². The molecule has 5 heteroatoms. The van der Waals surface area contributed by atoms with Gasteiger partial charge in [-0.05, 0) is 19.3 Å². The maximum absolute atomic E-state index is 11.0. The van der Waals surface area contributed by atoms with Gasteiger partial charge in [-0.15, -0.1) is 0 Å². The van der Waals surface area contributed by atoms with E-state index in [0.29, 0.717) is 6.42 Å². The van der Waals surface area contributed by atoms with Gasteiger partial charge in [0.05, 0.1) is 17.6 Å². The zero-order chi connectivity index (χ0) is 9.35. The van der Waals surface area contributed by atoms with E-state index in [1.807, 2.05) is 0 Å². The highest BCUT2D eigenvalue weighted by atomic mass is 32.2. The van der Waals surface area contributed by atoms with Crippen LogP contribution in [0.4, 0.5) is 0 Å². The van der Waals surface area contributed by atoms with E-state index >= 15 is 0 Å². The third kappa shape index (κ3) is 2.18. The Hall–Kier alpha value is -0.130. The van der Waals surface area contributed by atoms with Gasteiger partial charge in [-0.2, -0.15) is 0 Å². The molecule has 0 saturated carbocycles. The molecule has 3 N–H and O–H groups in total. The summed E-state index contributed by atoms with van der Waals surface area (Å²) in [6.07, 6.45) is -0.0303. The van der Waals surface area contributed by atoms with Gasteiger partial charge in [-0.1, -0.05) is 0 Å². The van der Waals surface area contributed by atoms with Crippen LogP contribution < -0.4 is 5.73 Å². The summed E-state index contributed by atoms with van der Waals surface area (Å²) in [7, 11) is -2.87. The highest BCUT2D eigenvalue weighted by Crippen LogP contribution is 2.22. The second kappa shape index (κ2) is 3.32. The molecule has 1 aliphatic rings. The van der Waals surface area contributed by atoms with Crippen molar-refractivity contribution in [2.75, 3.05) is 11.5 Å². The minimum absolute atomic E-state index is 0.0602. The summed E-state index contributed by atoms with van der Waals surface area (Å²) >= 11 is 0. The Morgan fingerprint density at radius 1 is 1.58 bits per heavy atom. The van der Waals surface area contributed by atoms with E-state index in [-0.39, 0.29) is 17.4 Å². The maximum atomic E-state index is 11.0. The topological polar surface area (TPSA) is 80.4 Å². The predicted octanol–water partition coefficient (Wildman–Crippen LogP) is -0.871. The van der Waals surface area contributed by atoms with Crippen molar-refractivity contribution < 1.29 is 13.5 Å². The Kier molecular flexibility index (Phi) is 2.75. The van der Waals surface area contributed by atoms with Gasteiger partial charge in [-0.25, -0.2) is 8.42 Å². The summed E-state index contributed by atoms with van der Waals surface area (Å²) in [4.78, 5) is 0. The van der Waals surface area contributed by atoms with Crippen LogP contribution in [0.5, 0.6) is 0 Å². The molecule has 0 aromatic heterocycles. The summed E-state index contributed by atoms with van der Waals surface area (Å²) < 4.78 is 22.1. The standard InChI is InChI=1S/C7H15NO3S/c1-5(9)7(8)6-2-3-12(10,11)4-6/h5-7,9H,2-4,8H2,1H3. The van der Waals surface area contributed by atoms with Crippen molar-refractivity contribution in [3.8, 4) is 0 Å². The van der Waals surface area contributed by atoms with Crippen LogP contribution in [0.2, 0.25) is 0 Å². The molecule has 1 aliphatic heterocycles. The molecule has 1 fully saturated rings. The van der Waals surface area contributed by atoms with E-state index < -0.39 is 22.0 Å². The monoisotopic (exact) mass is 193 g/mol. The molecule has 12 heavy (non-hydrogen) atoms. The van der Waals surface area contributed by atoms with Gasteiger partial charge >= 0.3 is 0 Å². The van der Waals surface area contributed by atoms with Crippen LogP contribution in [0.1, 0.15) is 13.3 Å². The smallest absolute Gasteiger partial charge is 0.150 e. The van der Waals surface area contributed by atoms with E-state index in [1.165, 1.54) is 0 Å². The Bertz CT molecular complexity index is 247. The van der Waals surface area contributed by atoms with Crippen LogP contribution in [-0.4, -0.2) is 37.2 Å². The maximum Gasteiger partial charge on any atom is 0.150 e. The van der Waals surface area contributed by atoms with Gasteiger partial charge in [0.15, 0.2) is 9.84 Å². The quantitative estimate of drug-likeness (QED) is 0.597. The van der Waals surface area contributed by atoms with Gasteiger partial charge in [0, 0.05) is 6.04 Å². The Morgan fingerprint density at radius 3 is 2.50 bits per heavy atom. The molecule has 0 amide bonds. The molecular weight excluding hydrogens is 178 g/mol. The van der Waals surface area contributed by atoms with Gasteiger partial charge < -0.3 is 10.8 Å². The first-order valence-electron chi connectivity index (χ1n) is 4.06. The van der Waals surface area contributed by atoms with Crippen LogP contribution in [0, 0.1) is 5.92 Å². The van der Waals surface area contributed by atoms with Crippen LogP contribution in [0.3, 0.4) is 0 Å². The predicted molar refractivity (Wildman–Crippen MR) is 46.4 cm³/mol.